The fraction of sp³-hybridized carbons (Fsp3) is 0.429. The summed E-state index contributed by atoms with van der Waals surface area (Å²) < 4.78 is 47.6. The molecule has 0 aromatic heterocycles. The molecule has 9 heteroatoms. The summed E-state index contributed by atoms with van der Waals surface area (Å²) in [5, 5.41) is 8.88. The molecule has 23 heavy (non-hydrogen) atoms. The highest BCUT2D eigenvalue weighted by Crippen LogP contribution is 2.19. The molecule has 0 fully saturated rings. The van der Waals surface area contributed by atoms with Crippen molar-refractivity contribution in [2.45, 2.75) is 37.0 Å². The molecule has 1 unspecified atom stereocenters. The van der Waals surface area contributed by atoms with Gasteiger partial charge in [0.15, 0.2) is 0 Å². The van der Waals surface area contributed by atoms with Gasteiger partial charge in [-0.2, -0.15) is 8.78 Å². The summed E-state index contributed by atoms with van der Waals surface area (Å²) in [6, 6.07) is 3.65. The van der Waals surface area contributed by atoms with Crippen LogP contribution < -0.4 is 0 Å². The monoisotopic (exact) mass is 349 g/mol. The third-order valence-corrected chi connectivity index (χ3v) is 4.75. The second-order valence-electron chi connectivity index (χ2n) is 4.91. The maximum atomic E-state index is 12.5. The lowest BCUT2D eigenvalue weighted by atomic mass is 10.1. The van der Waals surface area contributed by atoms with E-state index in [1.165, 1.54) is 0 Å². The minimum atomic E-state index is -4.73. The Labute approximate surface area is 132 Å². The Morgan fingerprint density at radius 3 is 2.13 bits per heavy atom. The van der Waals surface area contributed by atoms with Crippen molar-refractivity contribution >= 4 is 21.7 Å². The summed E-state index contributed by atoms with van der Waals surface area (Å²) in [5.74, 6) is -5.34. The molecule has 0 radical (unpaired) electrons. The molecule has 0 aliphatic heterocycles. The van der Waals surface area contributed by atoms with Crippen LogP contribution in [0.2, 0.25) is 0 Å². The number of aliphatic carboxylic acids is 1. The van der Waals surface area contributed by atoms with Crippen LogP contribution in [-0.4, -0.2) is 48.6 Å². The van der Waals surface area contributed by atoms with Crippen molar-refractivity contribution in [2.24, 2.45) is 0 Å². The maximum Gasteiger partial charge on any atom is 0.341 e. The zero-order chi connectivity index (χ0) is 17.8. The highest BCUT2D eigenvalue weighted by Gasteiger charge is 2.27. The van der Waals surface area contributed by atoms with Gasteiger partial charge in [0.05, 0.1) is 4.90 Å². The van der Waals surface area contributed by atoms with Crippen LogP contribution in [0.15, 0.2) is 29.2 Å². The highest BCUT2D eigenvalue weighted by molar-refractivity contribution is 7.91. The normalized spacial score (nSPS) is 12.9. The molecule has 0 spiro atoms. The van der Waals surface area contributed by atoms with E-state index >= 15 is 0 Å². The maximum absolute atomic E-state index is 12.5. The highest BCUT2D eigenvalue weighted by atomic mass is 32.2. The molecule has 6 nitrogen and oxygen atoms in total. The van der Waals surface area contributed by atoms with Crippen molar-refractivity contribution in [2.75, 3.05) is 6.54 Å². The molecular formula is C14H17F2NO5S. The number of benzene rings is 1. The SMILES string of the molecule is CCC(C)N(CC(=O)O)C(=O)c1ccc(S(=O)(=O)C(F)F)cc1. The Balaban J connectivity index is 3.10. The van der Waals surface area contributed by atoms with Crippen molar-refractivity contribution in [3.8, 4) is 0 Å². The van der Waals surface area contributed by atoms with Gasteiger partial charge in [0, 0.05) is 11.6 Å². The second kappa shape index (κ2) is 7.49. The summed E-state index contributed by atoms with van der Waals surface area (Å²) in [6.07, 6.45) is 0.525. The summed E-state index contributed by atoms with van der Waals surface area (Å²) in [7, 11) is -4.73. The first-order chi connectivity index (χ1) is 10.6. The first kappa shape index (κ1) is 19.0. The summed E-state index contributed by atoms with van der Waals surface area (Å²) in [4.78, 5) is 23.7. The zero-order valence-electron chi connectivity index (χ0n) is 12.6. The van der Waals surface area contributed by atoms with Crippen molar-refractivity contribution in [3.05, 3.63) is 29.8 Å². The molecule has 0 heterocycles. The van der Waals surface area contributed by atoms with E-state index in [-0.39, 0.29) is 11.6 Å². The number of carboxylic acids is 1. The first-order valence-corrected chi connectivity index (χ1v) is 8.30. The van der Waals surface area contributed by atoms with E-state index in [2.05, 4.69) is 0 Å². The topological polar surface area (TPSA) is 91.8 Å². The third-order valence-electron chi connectivity index (χ3n) is 3.35. The van der Waals surface area contributed by atoms with E-state index in [4.69, 9.17) is 5.11 Å². The van der Waals surface area contributed by atoms with Gasteiger partial charge in [-0.05, 0) is 37.6 Å². The van der Waals surface area contributed by atoms with Gasteiger partial charge in [0.2, 0.25) is 9.84 Å². The van der Waals surface area contributed by atoms with E-state index in [0.717, 1.165) is 29.2 Å². The number of carbonyl (C=O) groups is 2. The number of halogens is 2. The van der Waals surface area contributed by atoms with Crippen molar-refractivity contribution in [1.82, 2.24) is 4.90 Å². The number of amides is 1. The number of alkyl halides is 2. The Morgan fingerprint density at radius 2 is 1.74 bits per heavy atom. The van der Waals surface area contributed by atoms with Crippen LogP contribution in [0.5, 0.6) is 0 Å². The number of carbonyl (C=O) groups excluding carboxylic acids is 1. The van der Waals surface area contributed by atoms with E-state index < -0.39 is 38.9 Å². The number of hydrogen-bond acceptors (Lipinski definition) is 4. The predicted molar refractivity (Wildman–Crippen MR) is 78.1 cm³/mol. The first-order valence-electron chi connectivity index (χ1n) is 6.76. The molecule has 0 saturated heterocycles. The summed E-state index contributed by atoms with van der Waals surface area (Å²) >= 11 is 0. The number of carboxylic acid groups (broad SMARTS) is 1. The molecule has 0 saturated carbocycles. The Kier molecular flexibility index (Phi) is 6.20. The predicted octanol–water partition coefficient (Wildman–Crippen LogP) is 2.01. The number of nitrogens with zero attached hydrogens (tertiary/aromatic N) is 1. The lowest BCUT2D eigenvalue weighted by molar-refractivity contribution is -0.138. The van der Waals surface area contributed by atoms with Crippen molar-refractivity contribution in [3.63, 3.8) is 0 Å². The van der Waals surface area contributed by atoms with Crippen LogP contribution in [0.1, 0.15) is 30.6 Å². The van der Waals surface area contributed by atoms with Crippen LogP contribution >= 0.6 is 0 Å². The molecule has 1 atom stereocenters. The molecular weight excluding hydrogens is 332 g/mol. The molecule has 0 bridgehead atoms. The van der Waals surface area contributed by atoms with Crippen LogP contribution in [-0.2, 0) is 14.6 Å². The molecule has 1 rings (SSSR count). The Morgan fingerprint density at radius 1 is 1.22 bits per heavy atom. The molecule has 1 amide bonds. The van der Waals surface area contributed by atoms with Gasteiger partial charge >= 0.3 is 11.7 Å². The molecule has 0 aliphatic carbocycles. The van der Waals surface area contributed by atoms with Crippen LogP contribution in [0.4, 0.5) is 8.78 Å². The lowest BCUT2D eigenvalue weighted by Gasteiger charge is -2.27. The second-order valence-corrected chi connectivity index (χ2v) is 6.83. The molecule has 1 aromatic rings. The average molecular weight is 349 g/mol. The van der Waals surface area contributed by atoms with Crippen LogP contribution in [0.3, 0.4) is 0 Å². The van der Waals surface area contributed by atoms with Gasteiger partial charge in [-0.1, -0.05) is 6.92 Å². The molecule has 1 aromatic carbocycles. The fourth-order valence-electron chi connectivity index (χ4n) is 1.85. The van der Waals surface area contributed by atoms with Crippen LogP contribution in [0, 0.1) is 0 Å². The smallest absolute Gasteiger partial charge is 0.341 e. The van der Waals surface area contributed by atoms with Gasteiger partial charge in [0.25, 0.3) is 5.91 Å². The van der Waals surface area contributed by atoms with Crippen molar-refractivity contribution in [1.29, 1.82) is 0 Å². The van der Waals surface area contributed by atoms with Gasteiger partial charge in [-0.25, -0.2) is 8.42 Å². The standard InChI is InChI=1S/C14H17F2NO5S/c1-3-9(2)17(8-12(18)19)13(20)10-4-6-11(7-5-10)23(21,22)14(15)16/h4-7,9,14H,3,8H2,1-2H3,(H,18,19). The Bertz CT molecular complexity index is 673. The van der Waals surface area contributed by atoms with E-state index in [1.807, 2.05) is 0 Å². The van der Waals surface area contributed by atoms with E-state index in [9.17, 15) is 26.8 Å². The number of sulfone groups is 1. The van der Waals surface area contributed by atoms with E-state index in [1.54, 1.807) is 13.8 Å². The zero-order valence-corrected chi connectivity index (χ0v) is 13.4. The summed E-state index contributed by atoms with van der Waals surface area (Å²) in [6.45, 7) is 2.95. The molecule has 128 valence electrons. The summed E-state index contributed by atoms with van der Waals surface area (Å²) in [5.41, 5.74) is 0.0276. The number of hydrogen-bond donors (Lipinski definition) is 1. The largest absolute Gasteiger partial charge is 0.480 e. The average Bonchev–Trinajstić information content (AvgIpc) is 2.51. The minimum absolute atomic E-state index is 0.0276. The third kappa shape index (κ3) is 4.47. The molecule has 0 aliphatic rings. The number of rotatable bonds is 7. The van der Waals surface area contributed by atoms with Crippen molar-refractivity contribution < 1.29 is 31.9 Å². The van der Waals surface area contributed by atoms with E-state index in [0.29, 0.717) is 6.42 Å². The van der Waals surface area contributed by atoms with Gasteiger partial charge < -0.3 is 10.0 Å². The quantitative estimate of drug-likeness (QED) is 0.813. The molecule has 1 N–H and O–H groups in total. The Hall–Kier alpha value is -2.03. The van der Waals surface area contributed by atoms with Gasteiger partial charge in [-0.15, -0.1) is 0 Å². The fourth-order valence-corrected chi connectivity index (χ4v) is 2.57. The van der Waals surface area contributed by atoms with Crippen LogP contribution in [0.25, 0.3) is 0 Å². The van der Waals surface area contributed by atoms with Gasteiger partial charge in [-0.3, -0.25) is 9.59 Å². The minimum Gasteiger partial charge on any atom is -0.480 e. The lowest BCUT2D eigenvalue weighted by Crippen LogP contribution is -2.41. The van der Waals surface area contributed by atoms with Gasteiger partial charge in [0.1, 0.15) is 6.54 Å².